The summed E-state index contributed by atoms with van der Waals surface area (Å²) in [6.07, 6.45) is 1.75. The number of fused-ring (bicyclic) bond motifs is 1. The van der Waals surface area contributed by atoms with E-state index in [1.807, 2.05) is 38.1 Å². The standard InChI is InChI=1S/C18H20N6/c1-4-20-18-21-11-12(3)16(23-18)13(10-19)17-22-14-8-6-7-9-15(14)24(17)5-2/h6-9,11,13H,4-5H2,1-3H3,(H,20,21,23). The molecule has 1 unspecified atom stereocenters. The quantitative estimate of drug-likeness (QED) is 0.780. The van der Waals surface area contributed by atoms with E-state index in [4.69, 9.17) is 4.98 Å². The zero-order valence-corrected chi connectivity index (χ0v) is 14.1. The van der Waals surface area contributed by atoms with Gasteiger partial charge in [0.1, 0.15) is 11.7 Å². The first-order chi connectivity index (χ1) is 11.7. The number of hydrogen-bond acceptors (Lipinski definition) is 5. The SMILES string of the molecule is CCNc1ncc(C)c(C(C#N)c2nc3ccccc3n2CC)n1. The highest BCUT2D eigenvalue weighted by Crippen LogP contribution is 2.28. The summed E-state index contributed by atoms with van der Waals surface area (Å²) >= 11 is 0. The summed E-state index contributed by atoms with van der Waals surface area (Å²) in [6, 6.07) is 10.3. The van der Waals surface area contributed by atoms with Gasteiger partial charge in [-0.3, -0.25) is 0 Å². The highest BCUT2D eigenvalue weighted by molar-refractivity contribution is 5.76. The van der Waals surface area contributed by atoms with Gasteiger partial charge in [-0.15, -0.1) is 0 Å². The molecule has 1 N–H and O–H groups in total. The van der Waals surface area contributed by atoms with Crippen molar-refractivity contribution < 1.29 is 0 Å². The average Bonchev–Trinajstić information content (AvgIpc) is 2.96. The second-order valence-corrected chi connectivity index (χ2v) is 5.56. The normalized spacial score (nSPS) is 12.1. The molecular formula is C18H20N6. The number of imidazole rings is 1. The lowest BCUT2D eigenvalue weighted by Gasteiger charge is -2.14. The van der Waals surface area contributed by atoms with Gasteiger partial charge in [0.2, 0.25) is 5.95 Å². The molecule has 0 aliphatic heterocycles. The second-order valence-electron chi connectivity index (χ2n) is 5.56. The Bertz CT molecular complexity index is 906. The van der Waals surface area contributed by atoms with Crippen LogP contribution in [0.25, 0.3) is 11.0 Å². The number of aryl methyl sites for hydroxylation is 2. The molecule has 6 heteroatoms. The van der Waals surface area contributed by atoms with Gasteiger partial charge in [-0.2, -0.15) is 5.26 Å². The van der Waals surface area contributed by atoms with E-state index in [1.165, 1.54) is 0 Å². The Morgan fingerprint density at radius 3 is 2.75 bits per heavy atom. The second kappa shape index (κ2) is 6.67. The number of rotatable bonds is 5. The number of aromatic nitrogens is 4. The molecule has 0 bridgehead atoms. The van der Waals surface area contributed by atoms with Crippen LogP contribution in [0.5, 0.6) is 0 Å². The lowest BCUT2D eigenvalue weighted by molar-refractivity contribution is 0.702. The van der Waals surface area contributed by atoms with E-state index in [9.17, 15) is 5.26 Å². The minimum absolute atomic E-state index is 0.530. The molecule has 0 aliphatic carbocycles. The van der Waals surface area contributed by atoms with E-state index in [-0.39, 0.29) is 0 Å². The van der Waals surface area contributed by atoms with Gasteiger partial charge in [0.15, 0.2) is 0 Å². The molecule has 0 saturated carbocycles. The highest BCUT2D eigenvalue weighted by atomic mass is 15.1. The number of nitrogens with one attached hydrogen (secondary N) is 1. The Morgan fingerprint density at radius 1 is 1.25 bits per heavy atom. The Labute approximate surface area is 141 Å². The van der Waals surface area contributed by atoms with Gasteiger partial charge in [0.25, 0.3) is 0 Å². The van der Waals surface area contributed by atoms with Crippen LogP contribution in [0, 0.1) is 18.3 Å². The molecule has 0 aliphatic rings. The summed E-state index contributed by atoms with van der Waals surface area (Å²) in [7, 11) is 0. The number of benzene rings is 1. The highest BCUT2D eigenvalue weighted by Gasteiger charge is 2.24. The van der Waals surface area contributed by atoms with Crippen LogP contribution < -0.4 is 5.32 Å². The predicted octanol–water partition coefficient (Wildman–Crippen LogP) is 3.24. The maximum Gasteiger partial charge on any atom is 0.222 e. The average molecular weight is 320 g/mol. The van der Waals surface area contributed by atoms with Crippen LogP contribution in [0.3, 0.4) is 0 Å². The minimum Gasteiger partial charge on any atom is -0.354 e. The van der Waals surface area contributed by atoms with Crippen LogP contribution in [0.1, 0.15) is 36.8 Å². The van der Waals surface area contributed by atoms with Gasteiger partial charge < -0.3 is 9.88 Å². The molecule has 2 heterocycles. The fourth-order valence-electron chi connectivity index (χ4n) is 2.88. The summed E-state index contributed by atoms with van der Waals surface area (Å²) < 4.78 is 2.08. The third kappa shape index (κ3) is 2.69. The summed E-state index contributed by atoms with van der Waals surface area (Å²) in [6.45, 7) is 7.45. The summed E-state index contributed by atoms with van der Waals surface area (Å²) in [5.74, 6) is 0.737. The minimum atomic E-state index is -0.530. The Morgan fingerprint density at radius 2 is 2.04 bits per heavy atom. The van der Waals surface area contributed by atoms with Crippen molar-refractivity contribution in [2.45, 2.75) is 33.2 Å². The van der Waals surface area contributed by atoms with Crippen molar-refractivity contribution in [2.75, 3.05) is 11.9 Å². The van der Waals surface area contributed by atoms with Crippen LogP contribution >= 0.6 is 0 Å². The van der Waals surface area contributed by atoms with Crippen molar-refractivity contribution >= 4 is 17.0 Å². The van der Waals surface area contributed by atoms with Crippen molar-refractivity contribution in [3.8, 4) is 6.07 Å². The molecule has 0 amide bonds. The molecule has 122 valence electrons. The molecule has 3 rings (SSSR count). The van der Waals surface area contributed by atoms with Crippen molar-refractivity contribution in [1.29, 1.82) is 5.26 Å². The van der Waals surface area contributed by atoms with E-state index in [2.05, 4.69) is 32.8 Å². The molecule has 0 saturated heterocycles. The molecule has 0 radical (unpaired) electrons. The fourth-order valence-corrected chi connectivity index (χ4v) is 2.88. The topological polar surface area (TPSA) is 79.4 Å². The van der Waals surface area contributed by atoms with E-state index in [0.717, 1.165) is 35.5 Å². The lowest BCUT2D eigenvalue weighted by atomic mass is 10.0. The van der Waals surface area contributed by atoms with Crippen LogP contribution in [-0.4, -0.2) is 26.1 Å². The third-order valence-electron chi connectivity index (χ3n) is 4.01. The van der Waals surface area contributed by atoms with Crippen molar-refractivity contribution in [1.82, 2.24) is 19.5 Å². The van der Waals surface area contributed by atoms with Crippen molar-refractivity contribution in [3.63, 3.8) is 0 Å². The molecular weight excluding hydrogens is 300 g/mol. The van der Waals surface area contributed by atoms with Crippen LogP contribution in [0.2, 0.25) is 0 Å². The molecule has 2 aromatic heterocycles. The van der Waals surface area contributed by atoms with E-state index in [1.54, 1.807) is 6.20 Å². The Balaban J connectivity index is 2.17. The predicted molar refractivity (Wildman–Crippen MR) is 93.8 cm³/mol. The number of nitriles is 1. The number of nitrogens with zero attached hydrogens (tertiary/aromatic N) is 5. The van der Waals surface area contributed by atoms with E-state index < -0.39 is 5.92 Å². The van der Waals surface area contributed by atoms with Crippen LogP contribution in [0.4, 0.5) is 5.95 Å². The molecule has 24 heavy (non-hydrogen) atoms. The molecule has 1 aromatic carbocycles. The number of anilines is 1. The first-order valence-electron chi connectivity index (χ1n) is 8.11. The Kier molecular flexibility index (Phi) is 4.43. The maximum absolute atomic E-state index is 9.84. The van der Waals surface area contributed by atoms with Gasteiger partial charge in [-0.1, -0.05) is 12.1 Å². The van der Waals surface area contributed by atoms with Crippen LogP contribution in [-0.2, 0) is 6.54 Å². The van der Waals surface area contributed by atoms with Crippen LogP contribution in [0.15, 0.2) is 30.5 Å². The molecule has 1 atom stereocenters. The molecule has 3 aromatic rings. The van der Waals surface area contributed by atoms with E-state index in [0.29, 0.717) is 11.6 Å². The Hall–Kier alpha value is -2.94. The summed E-state index contributed by atoms with van der Waals surface area (Å²) in [5, 5.41) is 12.9. The first kappa shape index (κ1) is 15.9. The molecule has 0 fully saturated rings. The van der Waals surface area contributed by atoms with Gasteiger partial charge in [0.05, 0.1) is 22.8 Å². The molecule has 6 nitrogen and oxygen atoms in total. The van der Waals surface area contributed by atoms with Crippen molar-refractivity contribution in [3.05, 3.63) is 47.5 Å². The van der Waals surface area contributed by atoms with E-state index >= 15 is 0 Å². The third-order valence-corrected chi connectivity index (χ3v) is 4.01. The first-order valence-corrected chi connectivity index (χ1v) is 8.11. The zero-order chi connectivity index (χ0) is 17.1. The summed E-state index contributed by atoms with van der Waals surface area (Å²) in [4.78, 5) is 13.5. The van der Waals surface area contributed by atoms with Gasteiger partial charge in [-0.05, 0) is 38.5 Å². The zero-order valence-electron chi connectivity index (χ0n) is 14.1. The van der Waals surface area contributed by atoms with Gasteiger partial charge in [-0.25, -0.2) is 15.0 Å². The fraction of sp³-hybridized carbons (Fsp3) is 0.333. The maximum atomic E-state index is 9.84. The number of para-hydroxylation sites is 2. The molecule has 0 spiro atoms. The smallest absolute Gasteiger partial charge is 0.222 e. The monoisotopic (exact) mass is 320 g/mol. The van der Waals surface area contributed by atoms with Gasteiger partial charge >= 0.3 is 0 Å². The largest absolute Gasteiger partial charge is 0.354 e. The van der Waals surface area contributed by atoms with Crippen molar-refractivity contribution in [2.24, 2.45) is 0 Å². The van der Waals surface area contributed by atoms with Gasteiger partial charge in [0, 0.05) is 19.3 Å². The number of hydrogen-bond donors (Lipinski definition) is 1. The lowest BCUT2D eigenvalue weighted by Crippen LogP contribution is -2.13. The summed E-state index contributed by atoms with van der Waals surface area (Å²) in [5.41, 5.74) is 3.52.